The fourth-order valence-corrected chi connectivity index (χ4v) is 3.26. The summed E-state index contributed by atoms with van der Waals surface area (Å²) in [5.74, 6) is -1.06. The molecular formula is C20H30N2O3. The Morgan fingerprint density at radius 1 is 1.20 bits per heavy atom. The molecule has 2 rings (SSSR count). The van der Waals surface area contributed by atoms with Gasteiger partial charge in [0.1, 0.15) is 0 Å². The van der Waals surface area contributed by atoms with Gasteiger partial charge in [-0.25, -0.2) is 4.79 Å². The van der Waals surface area contributed by atoms with Crippen LogP contribution in [-0.4, -0.2) is 41.6 Å². The summed E-state index contributed by atoms with van der Waals surface area (Å²) in [7, 11) is 0. The van der Waals surface area contributed by atoms with Crippen molar-refractivity contribution >= 4 is 12.0 Å². The Balaban J connectivity index is 1.68. The Labute approximate surface area is 150 Å². The van der Waals surface area contributed by atoms with E-state index in [1.54, 1.807) is 4.90 Å². The quantitative estimate of drug-likeness (QED) is 0.793. The molecule has 1 aliphatic heterocycles. The fraction of sp³-hybridized carbons (Fsp3) is 0.600. The summed E-state index contributed by atoms with van der Waals surface area (Å²) in [6.07, 6.45) is 4.29. The first-order chi connectivity index (χ1) is 11.9. The maximum absolute atomic E-state index is 12.3. The van der Waals surface area contributed by atoms with Crippen molar-refractivity contribution in [1.82, 2.24) is 10.2 Å². The van der Waals surface area contributed by atoms with Crippen molar-refractivity contribution in [3.8, 4) is 0 Å². The first-order valence-corrected chi connectivity index (χ1v) is 9.17. The topological polar surface area (TPSA) is 69.6 Å². The highest BCUT2D eigenvalue weighted by atomic mass is 16.4. The van der Waals surface area contributed by atoms with Crippen LogP contribution in [0.3, 0.4) is 0 Å². The van der Waals surface area contributed by atoms with E-state index in [2.05, 4.69) is 43.4 Å². The predicted molar refractivity (Wildman–Crippen MR) is 98.5 cm³/mol. The minimum absolute atomic E-state index is 0.0455. The van der Waals surface area contributed by atoms with Crippen molar-refractivity contribution in [2.24, 2.45) is 11.3 Å². The minimum Gasteiger partial charge on any atom is -0.481 e. The number of urea groups is 1. The van der Waals surface area contributed by atoms with E-state index in [9.17, 15) is 9.59 Å². The number of piperidine rings is 1. The van der Waals surface area contributed by atoms with Crippen molar-refractivity contribution in [3.63, 3.8) is 0 Å². The van der Waals surface area contributed by atoms with Crippen LogP contribution in [0.4, 0.5) is 4.79 Å². The Morgan fingerprint density at radius 3 is 2.44 bits per heavy atom. The maximum atomic E-state index is 12.3. The van der Waals surface area contributed by atoms with Crippen LogP contribution < -0.4 is 5.32 Å². The van der Waals surface area contributed by atoms with Crippen molar-refractivity contribution in [3.05, 3.63) is 35.9 Å². The summed E-state index contributed by atoms with van der Waals surface area (Å²) in [6, 6.07) is 10.4. The van der Waals surface area contributed by atoms with E-state index in [1.165, 1.54) is 5.56 Å². The third-order valence-corrected chi connectivity index (χ3v) is 5.01. The van der Waals surface area contributed by atoms with Gasteiger partial charge in [0.05, 0.1) is 5.92 Å². The number of likely N-dealkylation sites (tertiary alicyclic amines) is 1. The molecule has 0 bridgehead atoms. The highest BCUT2D eigenvalue weighted by Crippen LogP contribution is 2.23. The van der Waals surface area contributed by atoms with Gasteiger partial charge in [0.25, 0.3) is 0 Å². The SMILES string of the molecule is CC(C)(CCCc1ccccc1)CNC(=O)N1CCC(C(=O)O)CC1. The zero-order valence-electron chi connectivity index (χ0n) is 15.3. The molecule has 1 aromatic carbocycles. The van der Waals surface area contributed by atoms with Crippen molar-refractivity contribution in [2.45, 2.75) is 46.0 Å². The number of hydrogen-bond acceptors (Lipinski definition) is 2. The number of benzene rings is 1. The molecule has 0 unspecified atom stereocenters. The number of nitrogens with one attached hydrogen (secondary N) is 1. The monoisotopic (exact) mass is 346 g/mol. The molecule has 0 saturated carbocycles. The average molecular weight is 346 g/mol. The van der Waals surface area contributed by atoms with Gasteiger partial charge in [-0.1, -0.05) is 44.2 Å². The van der Waals surface area contributed by atoms with Crippen LogP contribution in [0.15, 0.2) is 30.3 Å². The molecule has 1 aliphatic rings. The highest BCUT2D eigenvalue weighted by molar-refractivity contribution is 5.75. The van der Waals surface area contributed by atoms with Crippen LogP contribution in [-0.2, 0) is 11.2 Å². The lowest BCUT2D eigenvalue weighted by molar-refractivity contribution is -0.143. The third-order valence-electron chi connectivity index (χ3n) is 5.01. The Kier molecular flexibility index (Phi) is 6.85. The Morgan fingerprint density at radius 2 is 1.84 bits per heavy atom. The Hall–Kier alpha value is -2.04. The van der Waals surface area contributed by atoms with Crippen LogP contribution in [0.5, 0.6) is 0 Å². The smallest absolute Gasteiger partial charge is 0.317 e. The van der Waals surface area contributed by atoms with Gasteiger partial charge < -0.3 is 15.3 Å². The lowest BCUT2D eigenvalue weighted by Crippen LogP contribution is -2.47. The summed E-state index contributed by atoms with van der Waals surface area (Å²) in [5.41, 5.74) is 1.40. The summed E-state index contributed by atoms with van der Waals surface area (Å²) in [5, 5.41) is 12.0. The largest absolute Gasteiger partial charge is 0.481 e. The van der Waals surface area contributed by atoms with E-state index < -0.39 is 5.97 Å². The Bertz CT molecular complexity index is 564. The van der Waals surface area contributed by atoms with Gasteiger partial charge in [-0.05, 0) is 43.1 Å². The molecule has 1 saturated heterocycles. The lowest BCUT2D eigenvalue weighted by Gasteiger charge is -2.32. The number of carbonyl (C=O) groups is 2. The molecule has 2 amide bonds. The molecule has 0 aromatic heterocycles. The molecule has 0 aliphatic carbocycles. The third kappa shape index (κ3) is 6.40. The van der Waals surface area contributed by atoms with Gasteiger partial charge in [0, 0.05) is 19.6 Å². The molecule has 5 heteroatoms. The van der Waals surface area contributed by atoms with Crippen molar-refractivity contribution in [1.29, 1.82) is 0 Å². The number of carbonyl (C=O) groups excluding carboxylic acids is 1. The number of hydrogen-bond donors (Lipinski definition) is 2. The van der Waals surface area contributed by atoms with Crippen LogP contribution >= 0.6 is 0 Å². The molecule has 0 radical (unpaired) electrons. The van der Waals surface area contributed by atoms with Crippen LogP contribution in [0.2, 0.25) is 0 Å². The summed E-state index contributed by atoms with van der Waals surface area (Å²) >= 11 is 0. The average Bonchev–Trinajstić information content (AvgIpc) is 2.60. The second-order valence-corrected chi connectivity index (χ2v) is 7.76. The molecule has 1 fully saturated rings. The molecule has 5 nitrogen and oxygen atoms in total. The zero-order chi connectivity index (χ0) is 18.3. The van der Waals surface area contributed by atoms with Gasteiger partial charge >= 0.3 is 12.0 Å². The lowest BCUT2D eigenvalue weighted by atomic mass is 9.86. The van der Waals surface area contributed by atoms with E-state index in [4.69, 9.17) is 5.11 Å². The zero-order valence-corrected chi connectivity index (χ0v) is 15.3. The van der Waals surface area contributed by atoms with E-state index in [-0.39, 0.29) is 17.4 Å². The van der Waals surface area contributed by atoms with Gasteiger partial charge in [-0.15, -0.1) is 0 Å². The van der Waals surface area contributed by atoms with Gasteiger partial charge in [-0.2, -0.15) is 0 Å². The molecule has 2 N–H and O–H groups in total. The van der Waals surface area contributed by atoms with E-state index in [1.807, 2.05) is 6.07 Å². The maximum Gasteiger partial charge on any atom is 0.317 e. The van der Waals surface area contributed by atoms with E-state index in [0.717, 1.165) is 19.3 Å². The van der Waals surface area contributed by atoms with Gasteiger partial charge in [0.2, 0.25) is 0 Å². The number of rotatable bonds is 7. The fourth-order valence-electron chi connectivity index (χ4n) is 3.26. The number of nitrogens with zero attached hydrogens (tertiary/aromatic N) is 1. The van der Waals surface area contributed by atoms with E-state index in [0.29, 0.717) is 32.5 Å². The van der Waals surface area contributed by atoms with Crippen LogP contribution in [0.1, 0.15) is 45.1 Å². The second-order valence-electron chi connectivity index (χ2n) is 7.76. The molecule has 0 spiro atoms. The number of carboxylic acids is 1. The summed E-state index contributed by atoms with van der Waals surface area (Å²) in [4.78, 5) is 25.0. The van der Waals surface area contributed by atoms with Gasteiger partial charge in [-0.3, -0.25) is 4.79 Å². The summed E-state index contributed by atoms with van der Waals surface area (Å²) in [6.45, 7) is 6.04. The molecule has 138 valence electrons. The highest BCUT2D eigenvalue weighted by Gasteiger charge is 2.27. The molecule has 25 heavy (non-hydrogen) atoms. The molecule has 0 atom stereocenters. The second kappa shape index (κ2) is 8.88. The number of aryl methyl sites for hydroxylation is 1. The van der Waals surface area contributed by atoms with Crippen LogP contribution in [0, 0.1) is 11.3 Å². The first-order valence-electron chi connectivity index (χ1n) is 9.17. The van der Waals surface area contributed by atoms with Crippen molar-refractivity contribution in [2.75, 3.05) is 19.6 Å². The van der Waals surface area contributed by atoms with E-state index >= 15 is 0 Å². The van der Waals surface area contributed by atoms with Gasteiger partial charge in [0.15, 0.2) is 0 Å². The molecular weight excluding hydrogens is 316 g/mol. The molecule has 1 heterocycles. The summed E-state index contributed by atoms with van der Waals surface area (Å²) < 4.78 is 0. The predicted octanol–water partition coefficient (Wildman–Crippen LogP) is 3.54. The normalized spacial score (nSPS) is 15.8. The molecule has 1 aromatic rings. The van der Waals surface area contributed by atoms with Crippen LogP contribution in [0.25, 0.3) is 0 Å². The number of carboxylic acid groups (broad SMARTS) is 1. The standard InChI is InChI=1S/C20H30N2O3/c1-20(2,12-6-9-16-7-4-3-5-8-16)15-21-19(25)22-13-10-17(11-14-22)18(23)24/h3-5,7-8,17H,6,9-15H2,1-2H3,(H,21,25)(H,23,24). The number of aliphatic carboxylic acids is 1. The van der Waals surface area contributed by atoms with Crippen molar-refractivity contribution < 1.29 is 14.7 Å². The first kappa shape index (κ1) is 19.3. The number of amides is 2. The minimum atomic E-state index is -0.750.